The minimum Gasteiger partial charge on any atom is -0.444 e. The second-order valence-electron chi connectivity index (χ2n) is 7.53. The van der Waals surface area contributed by atoms with Crippen LogP contribution in [-0.4, -0.2) is 51.9 Å². The van der Waals surface area contributed by atoms with E-state index in [1.807, 2.05) is 44.6 Å². The number of fused-ring (bicyclic) bond motifs is 1. The highest BCUT2D eigenvalue weighted by atomic mass is 35.5. The molecule has 0 spiro atoms. The number of alkyl carbamates (subject to hydrolysis) is 1. The van der Waals surface area contributed by atoms with Crippen molar-refractivity contribution >= 4 is 34.4 Å². The van der Waals surface area contributed by atoms with Crippen LogP contribution < -0.4 is 10.2 Å². The van der Waals surface area contributed by atoms with E-state index in [4.69, 9.17) is 9.72 Å². The van der Waals surface area contributed by atoms with Gasteiger partial charge in [-0.1, -0.05) is 0 Å². The van der Waals surface area contributed by atoms with E-state index in [1.165, 1.54) is 6.38 Å². The van der Waals surface area contributed by atoms with E-state index < -0.39 is 11.7 Å². The largest absolute Gasteiger partial charge is 0.444 e. The second kappa shape index (κ2) is 8.80. The lowest BCUT2D eigenvalue weighted by atomic mass is 10.2. The lowest BCUT2D eigenvalue weighted by Crippen LogP contribution is -2.33. The summed E-state index contributed by atoms with van der Waals surface area (Å²) < 4.78 is 7.32. The van der Waals surface area contributed by atoms with Gasteiger partial charge in [-0.2, -0.15) is 0 Å². The van der Waals surface area contributed by atoms with Crippen molar-refractivity contribution in [2.45, 2.75) is 45.4 Å². The van der Waals surface area contributed by atoms with Gasteiger partial charge >= 0.3 is 6.09 Å². The van der Waals surface area contributed by atoms with Gasteiger partial charge in [-0.05, 0) is 39.3 Å². The molecule has 3 heterocycles. The number of ether oxygens (including phenoxy) is 1. The predicted molar refractivity (Wildman–Crippen MR) is 108 cm³/mol. The minimum atomic E-state index is -0.539. The number of nitrogens with zero attached hydrogens (tertiary/aromatic N) is 3. The number of carbonyl (C=O) groups is 1. The number of halogens is 1. The summed E-state index contributed by atoms with van der Waals surface area (Å²) in [5.74, 6) is 0. The number of pyridine rings is 1. The molecule has 1 saturated heterocycles. The summed E-state index contributed by atoms with van der Waals surface area (Å²) in [6.45, 7) is 7.13. The van der Waals surface area contributed by atoms with Gasteiger partial charge in [-0.3, -0.25) is 0 Å². The van der Waals surface area contributed by atoms with E-state index >= 15 is 0 Å². The Hall–Kier alpha value is -1.99. The van der Waals surface area contributed by atoms with Gasteiger partial charge in [0.25, 0.3) is 0 Å². The van der Waals surface area contributed by atoms with Crippen molar-refractivity contribution in [3.05, 3.63) is 24.0 Å². The number of hydrogen-bond donors (Lipinski definition) is 2. The normalized spacial score (nSPS) is 16.9. The molecule has 3 rings (SSSR count). The molecule has 0 aliphatic carbocycles. The molecule has 27 heavy (non-hydrogen) atoms. The Morgan fingerprint density at radius 1 is 1.44 bits per heavy atom. The third kappa shape index (κ3) is 5.49. The smallest absolute Gasteiger partial charge is 0.407 e. The summed E-state index contributed by atoms with van der Waals surface area (Å²) >= 11 is 4.64. The van der Waals surface area contributed by atoms with Crippen molar-refractivity contribution in [2.75, 3.05) is 24.4 Å². The van der Waals surface area contributed by atoms with Gasteiger partial charge in [0.1, 0.15) is 5.60 Å². The van der Waals surface area contributed by atoms with Crippen molar-refractivity contribution in [3.8, 4) is 0 Å². The molecule has 1 amide bonds. The predicted octanol–water partition coefficient (Wildman–Crippen LogP) is 3.02. The van der Waals surface area contributed by atoms with Crippen LogP contribution in [0.2, 0.25) is 0 Å². The van der Waals surface area contributed by atoms with E-state index in [2.05, 4.69) is 27.9 Å². The molecule has 8 heteroatoms. The molecule has 150 valence electrons. The van der Waals surface area contributed by atoms with Gasteiger partial charge in [0.2, 0.25) is 0 Å². The molecule has 0 radical (unpaired) electrons. The van der Waals surface area contributed by atoms with Crippen LogP contribution in [-0.2, 0) is 18.3 Å². The Kier molecular flexibility index (Phi) is 6.95. The first-order valence-electron chi connectivity index (χ1n) is 8.95. The summed E-state index contributed by atoms with van der Waals surface area (Å²) in [6, 6.07) is 4.03. The molecule has 2 N–H and O–H groups in total. The third-order valence-corrected chi connectivity index (χ3v) is 4.23. The molecule has 0 saturated carbocycles. The number of aromatic nitrogens is 2. The van der Waals surface area contributed by atoms with Crippen LogP contribution in [0.1, 0.15) is 32.9 Å². The number of rotatable bonds is 3. The number of carbonyl (C=O) groups excluding carboxylic acids is 1. The van der Waals surface area contributed by atoms with E-state index in [0.717, 1.165) is 35.4 Å². The molecule has 1 aliphatic heterocycles. The van der Waals surface area contributed by atoms with Crippen molar-refractivity contribution < 1.29 is 14.6 Å². The van der Waals surface area contributed by atoms with E-state index in [-0.39, 0.29) is 12.6 Å². The Labute approximate surface area is 165 Å². The molecule has 2 aromatic rings. The number of aliphatic hydroxyl groups is 1. The molecular weight excluding hydrogens is 368 g/mol. The highest BCUT2D eigenvalue weighted by molar-refractivity contribution is 6.15. The SMILES string of the molecule is CCl.Cn1ccc2nc(CNC(=O)OC(C)(C)C)c(N3CCC(O)C3)cc21. The van der Waals surface area contributed by atoms with Crippen LogP contribution in [0.4, 0.5) is 10.5 Å². The van der Waals surface area contributed by atoms with Gasteiger partial charge in [-0.15, -0.1) is 11.6 Å². The zero-order valence-corrected chi connectivity index (χ0v) is 17.4. The summed E-state index contributed by atoms with van der Waals surface area (Å²) in [7, 11) is 1.98. The fourth-order valence-electron chi connectivity index (χ4n) is 3.05. The first kappa shape index (κ1) is 21.3. The Balaban J connectivity index is 0.00000126. The van der Waals surface area contributed by atoms with Crippen LogP contribution >= 0.6 is 11.6 Å². The molecule has 1 fully saturated rings. The Morgan fingerprint density at radius 2 is 2.15 bits per heavy atom. The molecule has 0 aromatic carbocycles. The first-order chi connectivity index (χ1) is 12.7. The summed E-state index contributed by atoms with van der Waals surface area (Å²) in [5, 5.41) is 12.7. The van der Waals surface area contributed by atoms with Crippen molar-refractivity contribution in [1.29, 1.82) is 0 Å². The lowest BCUT2D eigenvalue weighted by molar-refractivity contribution is 0.0523. The van der Waals surface area contributed by atoms with E-state index in [9.17, 15) is 9.90 Å². The van der Waals surface area contributed by atoms with Gasteiger partial charge in [0.15, 0.2) is 0 Å². The maximum Gasteiger partial charge on any atom is 0.407 e. The number of aryl methyl sites for hydroxylation is 1. The standard InChI is InChI=1S/C18H26N4O3.CH3Cl/c1-18(2,3)25-17(24)19-10-14-16(22-8-5-12(23)11-22)9-15-13(20-14)6-7-21(15)4;1-2/h6-7,9,12,23H,5,8,10-11H2,1-4H3,(H,19,24);1H3. The summed E-state index contributed by atoms with van der Waals surface area (Å²) in [4.78, 5) is 18.8. The molecule has 1 atom stereocenters. The lowest BCUT2D eigenvalue weighted by Gasteiger charge is -2.23. The number of β-amino-alcohol motifs (C(OH)–C–C–N with tert-alkyl or cyclic N) is 1. The van der Waals surface area contributed by atoms with Gasteiger partial charge in [-0.25, -0.2) is 9.78 Å². The van der Waals surface area contributed by atoms with Crippen LogP contribution in [0.15, 0.2) is 18.3 Å². The van der Waals surface area contributed by atoms with Crippen LogP contribution in [0, 0.1) is 0 Å². The monoisotopic (exact) mass is 396 g/mol. The number of aliphatic hydroxyl groups excluding tert-OH is 1. The van der Waals surface area contributed by atoms with E-state index in [1.54, 1.807) is 0 Å². The van der Waals surface area contributed by atoms with Gasteiger partial charge in [0, 0.05) is 32.7 Å². The average molecular weight is 397 g/mol. The summed E-state index contributed by atoms with van der Waals surface area (Å²) in [6.07, 6.45) is 3.39. The van der Waals surface area contributed by atoms with Crippen LogP contribution in [0.25, 0.3) is 11.0 Å². The van der Waals surface area contributed by atoms with Crippen LogP contribution in [0.3, 0.4) is 0 Å². The number of nitrogens with one attached hydrogen (secondary N) is 1. The molecule has 2 aromatic heterocycles. The number of hydrogen-bond acceptors (Lipinski definition) is 5. The molecular formula is C19H29ClN4O3. The highest BCUT2D eigenvalue weighted by Gasteiger charge is 2.24. The summed E-state index contributed by atoms with van der Waals surface area (Å²) in [5.41, 5.74) is 3.09. The quantitative estimate of drug-likeness (QED) is 0.779. The number of amides is 1. The van der Waals surface area contributed by atoms with Crippen molar-refractivity contribution in [2.24, 2.45) is 7.05 Å². The highest BCUT2D eigenvalue weighted by Crippen LogP contribution is 2.28. The Morgan fingerprint density at radius 3 is 2.74 bits per heavy atom. The van der Waals surface area contributed by atoms with E-state index in [0.29, 0.717) is 6.54 Å². The zero-order chi connectivity index (χ0) is 20.2. The maximum atomic E-state index is 12.0. The fraction of sp³-hybridized carbons (Fsp3) is 0.579. The van der Waals surface area contributed by atoms with Crippen molar-refractivity contribution in [1.82, 2.24) is 14.9 Å². The number of anilines is 1. The third-order valence-electron chi connectivity index (χ3n) is 4.23. The minimum absolute atomic E-state index is 0.279. The second-order valence-corrected chi connectivity index (χ2v) is 7.53. The number of alkyl halides is 1. The maximum absolute atomic E-state index is 12.0. The molecule has 1 aliphatic rings. The topological polar surface area (TPSA) is 79.6 Å². The average Bonchev–Trinajstić information content (AvgIpc) is 3.18. The molecule has 7 nitrogen and oxygen atoms in total. The molecule has 0 bridgehead atoms. The van der Waals surface area contributed by atoms with Crippen molar-refractivity contribution in [3.63, 3.8) is 0 Å². The molecule has 1 unspecified atom stereocenters. The van der Waals surface area contributed by atoms with Gasteiger partial charge in [0.05, 0.1) is 35.1 Å². The fourth-order valence-corrected chi connectivity index (χ4v) is 3.05. The first-order valence-corrected chi connectivity index (χ1v) is 9.71. The zero-order valence-electron chi connectivity index (χ0n) is 16.6. The van der Waals surface area contributed by atoms with Gasteiger partial charge < -0.3 is 24.6 Å². The van der Waals surface area contributed by atoms with Crippen LogP contribution in [0.5, 0.6) is 0 Å². The Bertz CT molecular complexity index is 785.